The molecule has 96 valence electrons. The fraction of sp³-hybridized carbons (Fsp3) is 0. The molecule has 0 spiro atoms. The molecule has 1 aromatic heterocycles. The molecular formula is C14H10FNO3. The van der Waals surface area contributed by atoms with Gasteiger partial charge in [-0.2, -0.15) is 0 Å². The molecule has 19 heavy (non-hydrogen) atoms. The largest absolute Gasteiger partial charge is 0.478 e. The molecule has 4 nitrogen and oxygen atoms in total. The Morgan fingerprint density at radius 1 is 1.32 bits per heavy atom. The van der Waals surface area contributed by atoms with Crippen LogP contribution in [0.15, 0.2) is 48.7 Å². The van der Waals surface area contributed by atoms with Gasteiger partial charge in [-0.1, -0.05) is 6.07 Å². The molecule has 1 aromatic carbocycles. The number of hydrogen-bond acceptors (Lipinski definition) is 3. The third-order valence-electron chi connectivity index (χ3n) is 2.20. The van der Waals surface area contributed by atoms with Crippen molar-refractivity contribution in [1.82, 2.24) is 4.98 Å². The molecule has 1 heterocycles. The Morgan fingerprint density at radius 3 is 2.79 bits per heavy atom. The minimum absolute atomic E-state index is 0.304. The maximum Gasteiger partial charge on any atom is 0.328 e. The quantitative estimate of drug-likeness (QED) is 0.857. The van der Waals surface area contributed by atoms with Gasteiger partial charge >= 0.3 is 5.97 Å². The summed E-state index contributed by atoms with van der Waals surface area (Å²) in [7, 11) is 0. The number of carbonyl (C=O) groups is 1. The first-order valence-corrected chi connectivity index (χ1v) is 5.44. The first-order chi connectivity index (χ1) is 9.13. The van der Waals surface area contributed by atoms with E-state index in [0.29, 0.717) is 17.2 Å². The van der Waals surface area contributed by atoms with E-state index in [-0.39, 0.29) is 0 Å². The summed E-state index contributed by atoms with van der Waals surface area (Å²) in [6.45, 7) is 0. The number of carboxylic acid groups (broad SMARTS) is 1. The zero-order valence-corrected chi connectivity index (χ0v) is 9.79. The summed E-state index contributed by atoms with van der Waals surface area (Å²) < 4.78 is 18.3. The lowest BCUT2D eigenvalue weighted by atomic mass is 10.2. The molecule has 1 N–H and O–H groups in total. The van der Waals surface area contributed by atoms with Crippen LogP contribution in [0.2, 0.25) is 0 Å². The maximum atomic E-state index is 12.9. The molecule has 0 radical (unpaired) electrons. The number of rotatable bonds is 4. The molecule has 0 aliphatic carbocycles. The summed E-state index contributed by atoms with van der Waals surface area (Å²) in [6, 6.07) is 8.95. The van der Waals surface area contributed by atoms with Crippen molar-refractivity contribution in [2.75, 3.05) is 0 Å². The molecule has 2 rings (SSSR count). The van der Waals surface area contributed by atoms with Gasteiger partial charge in [0.2, 0.25) is 5.88 Å². The van der Waals surface area contributed by atoms with Crippen LogP contribution in [0.4, 0.5) is 4.39 Å². The van der Waals surface area contributed by atoms with Crippen molar-refractivity contribution in [2.24, 2.45) is 0 Å². The van der Waals surface area contributed by atoms with Gasteiger partial charge in [0, 0.05) is 24.4 Å². The number of pyridine rings is 1. The second-order valence-corrected chi connectivity index (χ2v) is 3.66. The molecule has 0 atom stereocenters. The van der Waals surface area contributed by atoms with Gasteiger partial charge in [0.1, 0.15) is 11.6 Å². The van der Waals surface area contributed by atoms with Gasteiger partial charge in [-0.25, -0.2) is 14.2 Å². The van der Waals surface area contributed by atoms with Crippen LogP contribution in [0.25, 0.3) is 6.08 Å². The van der Waals surface area contributed by atoms with Crippen molar-refractivity contribution in [3.63, 3.8) is 0 Å². The van der Waals surface area contributed by atoms with E-state index in [1.807, 2.05) is 0 Å². The Morgan fingerprint density at radius 2 is 2.16 bits per heavy atom. The van der Waals surface area contributed by atoms with Gasteiger partial charge in [-0.3, -0.25) is 0 Å². The highest BCUT2D eigenvalue weighted by atomic mass is 19.1. The first-order valence-electron chi connectivity index (χ1n) is 5.44. The summed E-state index contributed by atoms with van der Waals surface area (Å²) in [4.78, 5) is 14.3. The minimum Gasteiger partial charge on any atom is -0.478 e. The Kier molecular flexibility index (Phi) is 3.87. The number of aliphatic carboxylic acids is 1. The second-order valence-electron chi connectivity index (χ2n) is 3.66. The van der Waals surface area contributed by atoms with Crippen LogP contribution in [-0.2, 0) is 4.79 Å². The molecule has 0 bridgehead atoms. The van der Waals surface area contributed by atoms with Gasteiger partial charge in [-0.15, -0.1) is 0 Å². The molecule has 0 saturated heterocycles. The Labute approximate surface area is 108 Å². The van der Waals surface area contributed by atoms with Crippen LogP contribution >= 0.6 is 0 Å². The summed E-state index contributed by atoms with van der Waals surface area (Å²) in [5, 5.41) is 8.48. The highest BCUT2D eigenvalue weighted by Crippen LogP contribution is 2.20. The monoisotopic (exact) mass is 259 g/mol. The third-order valence-corrected chi connectivity index (χ3v) is 2.20. The average molecular weight is 259 g/mol. The number of benzene rings is 1. The topological polar surface area (TPSA) is 59.4 Å². The van der Waals surface area contributed by atoms with Crippen LogP contribution in [0, 0.1) is 5.82 Å². The Hall–Kier alpha value is -2.69. The Balaban J connectivity index is 2.08. The van der Waals surface area contributed by atoms with Crippen LogP contribution in [0.1, 0.15) is 5.56 Å². The van der Waals surface area contributed by atoms with E-state index in [1.165, 1.54) is 30.5 Å². The highest BCUT2D eigenvalue weighted by molar-refractivity contribution is 5.85. The third kappa shape index (κ3) is 3.92. The number of aromatic nitrogens is 1. The molecule has 0 unspecified atom stereocenters. The summed E-state index contributed by atoms with van der Waals surface area (Å²) in [5.74, 6) is -0.766. The number of halogens is 1. The summed E-state index contributed by atoms with van der Waals surface area (Å²) in [5.41, 5.74) is 0.633. The molecule has 2 aromatic rings. The zero-order valence-electron chi connectivity index (χ0n) is 9.79. The van der Waals surface area contributed by atoms with Crippen molar-refractivity contribution < 1.29 is 19.0 Å². The summed E-state index contributed by atoms with van der Waals surface area (Å²) in [6.07, 6.45) is 3.90. The zero-order chi connectivity index (χ0) is 13.7. The molecule has 0 saturated carbocycles. The fourth-order valence-electron chi connectivity index (χ4n) is 1.37. The normalized spacial score (nSPS) is 10.6. The van der Waals surface area contributed by atoms with Gasteiger partial charge in [0.25, 0.3) is 0 Å². The fourth-order valence-corrected chi connectivity index (χ4v) is 1.37. The van der Waals surface area contributed by atoms with Gasteiger partial charge < -0.3 is 9.84 Å². The lowest BCUT2D eigenvalue weighted by Crippen LogP contribution is -1.89. The van der Waals surface area contributed by atoms with E-state index in [1.54, 1.807) is 18.2 Å². The van der Waals surface area contributed by atoms with E-state index in [4.69, 9.17) is 9.84 Å². The molecule has 0 aliphatic heterocycles. The lowest BCUT2D eigenvalue weighted by molar-refractivity contribution is -0.131. The van der Waals surface area contributed by atoms with Crippen LogP contribution in [0.5, 0.6) is 11.6 Å². The Bertz CT molecular complexity index is 608. The molecule has 5 heteroatoms. The molecular weight excluding hydrogens is 249 g/mol. The molecule has 0 aliphatic rings. The average Bonchev–Trinajstić information content (AvgIpc) is 2.38. The SMILES string of the molecule is O=C(O)C=Cc1ccc(Oc2cccc(F)c2)nc1. The van der Waals surface area contributed by atoms with Gasteiger partial charge in [0.05, 0.1) is 0 Å². The van der Waals surface area contributed by atoms with Crippen molar-refractivity contribution in [3.8, 4) is 11.6 Å². The van der Waals surface area contributed by atoms with Crippen LogP contribution in [0.3, 0.4) is 0 Å². The number of carboxylic acids is 1. The van der Waals surface area contributed by atoms with E-state index >= 15 is 0 Å². The minimum atomic E-state index is -1.03. The molecule has 0 fully saturated rings. The van der Waals surface area contributed by atoms with Crippen LogP contribution < -0.4 is 4.74 Å². The second kappa shape index (κ2) is 5.77. The van der Waals surface area contributed by atoms with Crippen molar-refractivity contribution >= 4 is 12.0 Å². The standard InChI is InChI=1S/C14H10FNO3/c15-11-2-1-3-12(8-11)19-13-6-4-10(9-16-13)5-7-14(17)18/h1-9H,(H,17,18). The van der Waals surface area contributed by atoms with E-state index in [9.17, 15) is 9.18 Å². The summed E-state index contributed by atoms with van der Waals surface area (Å²) >= 11 is 0. The van der Waals surface area contributed by atoms with Crippen molar-refractivity contribution in [2.45, 2.75) is 0 Å². The number of ether oxygens (including phenoxy) is 1. The predicted octanol–water partition coefficient (Wildman–Crippen LogP) is 3.11. The van der Waals surface area contributed by atoms with Gasteiger partial charge in [0.15, 0.2) is 0 Å². The van der Waals surface area contributed by atoms with Crippen molar-refractivity contribution in [3.05, 3.63) is 60.1 Å². The molecule has 0 amide bonds. The van der Waals surface area contributed by atoms with Crippen molar-refractivity contribution in [1.29, 1.82) is 0 Å². The lowest BCUT2D eigenvalue weighted by Gasteiger charge is -2.04. The van der Waals surface area contributed by atoms with Crippen LogP contribution in [-0.4, -0.2) is 16.1 Å². The van der Waals surface area contributed by atoms with E-state index < -0.39 is 11.8 Å². The maximum absolute atomic E-state index is 12.9. The number of hydrogen-bond donors (Lipinski definition) is 1. The van der Waals surface area contributed by atoms with E-state index in [2.05, 4.69) is 4.98 Å². The smallest absolute Gasteiger partial charge is 0.328 e. The number of nitrogens with zero attached hydrogens (tertiary/aromatic N) is 1. The highest BCUT2D eigenvalue weighted by Gasteiger charge is 2.00. The van der Waals surface area contributed by atoms with Gasteiger partial charge in [-0.05, 0) is 29.8 Å². The first kappa shape index (κ1) is 12.8. The predicted molar refractivity (Wildman–Crippen MR) is 67.4 cm³/mol. The van der Waals surface area contributed by atoms with E-state index in [0.717, 1.165) is 6.08 Å².